The van der Waals surface area contributed by atoms with Gasteiger partial charge in [-0.3, -0.25) is 4.79 Å². The highest BCUT2D eigenvalue weighted by atomic mass is 16.1. The number of nitrogens with one attached hydrogen (secondary N) is 1. The number of carbonyl (C=O) groups is 1. The van der Waals surface area contributed by atoms with Gasteiger partial charge in [-0.15, -0.1) is 0 Å². The van der Waals surface area contributed by atoms with Crippen LogP contribution in [0, 0.1) is 24.2 Å². The summed E-state index contributed by atoms with van der Waals surface area (Å²) in [4.78, 5) is 18.8. The monoisotopic (exact) mass is 334 g/mol. The van der Waals surface area contributed by atoms with Gasteiger partial charge in [0, 0.05) is 31.7 Å². The van der Waals surface area contributed by atoms with Gasteiger partial charge in [-0.2, -0.15) is 5.26 Å². The minimum absolute atomic E-state index is 0.0240. The molecular formula is C20H22N4O. The van der Waals surface area contributed by atoms with Crippen molar-refractivity contribution < 1.29 is 4.79 Å². The Morgan fingerprint density at radius 1 is 1.28 bits per heavy atom. The Labute approximate surface area is 148 Å². The molecule has 5 nitrogen and oxygen atoms in total. The molecule has 128 valence electrons. The van der Waals surface area contributed by atoms with Crippen LogP contribution in [-0.2, 0) is 11.3 Å². The van der Waals surface area contributed by atoms with Crippen LogP contribution >= 0.6 is 0 Å². The van der Waals surface area contributed by atoms with Crippen molar-refractivity contribution in [1.82, 2.24) is 10.3 Å². The minimum Gasteiger partial charge on any atom is -0.355 e. The average Bonchev–Trinajstić information content (AvgIpc) is 2.67. The summed E-state index contributed by atoms with van der Waals surface area (Å²) in [6.07, 6.45) is 3.26. The van der Waals surface area contributed by atoms with Crippen LogP contribution in [0.3, 0.4) is 0 Å². The second kappa shape index (κ2) is 7.80. The van der Waals surface area contributed by atoms with E-state index in [2.05, 4.69) is 40.3 Å². The lowest BCUT2D eigenvalue weighted by atomic mass is 9.95. The number of piperidine rings is 1. The zero-order chi connectivity index (χ0) is 17.6. The van der Waals surface area contributed by atoms with Crippen molar-refractivity contribution in [2.45, 2.75) is 26.3 Å². The molecular weight excluding hydrogens is 312 g/mol. The summed E-state index contributed by atoms with van der Waals surface area (Å²) in [5.74, 6) is 0.862. The Morgan fingerprint density at radius 3 is 2.68 bits per heavy atom. The Kier molecular flexibility index (Phi) is 5.30. The summed E-state index contributed by atoms with van der Waals surface area (Å²) in [5.41, 5.74) is 2.92. The molecule has 1 aliphatic heterocycles. The van der Waals surface area contributed by atoms with E-state index in [1.807, 2.05) is 12.1 Å². The predicted molar refractivity (Wildman–Crippen MR) is 96.9 cm³/mol. The maximum absolute atomic E-state index is 12.4. The first-order valence-corrected chi connectivity index (χ1v) is 8.60. The number of amides is 1. The molecule has 0 unspecified atom stereocenters. The third-order valence-corrected chi connectivity index (χ3v) is 4.66. The topological polar surface area (TPSA) is 69.0 Å². The van der Waals surface area contributed by atoms with Crippen LogP contribution in [0.25, 0.3) is 0 Å². The van der Waals surface area contributed by atoms with Crippen LogP contribution in [0.5, 0.6) is 0 Å². The van der Waals surface area contributed by atoms with Crippen LogP contribution in [0.1, 0.15) is 29.5 Å². The number of rotatable bonds is 4. The first-order chi connectivity index (χ1) is 12.2. The van der Waals surface area contributed by atoms with Crippen molar-refractivity contribution in [1.29, 1.82) is 5.26 Å². The van der Waals surface area contributed by atoms with Crippen molar-refractivity contribution in [3.05, 3.63) is 59.3 Å². The highest BCUT2D eigenvalue weighted by molar-refractivity contribution is 5.79. The number of hydrogen-bond donors (Lipinski definition) is 1. The Morgan fingerprint density at radius 2 is 2.00 bits per heavy atom. The molecule has 0 atom stereocenters. The number of aromatic nitrogens is 1. The SMILES string of the molecule is Cc1ccc(CNC(=O)C2CCN(c3ncccc3C#N)CC2)cc1. The zero-order valence-corrected chi connectivity index (χ0v) is 14.4. The number of anilines is 1. The smallest absolute Gasteiger partial charge is 0.223 e. The summed E-state index contributed by atoms with van der Waals surface area (Å²) < 4.78 is 0. The van der Waals surface area contributed by atoms with Gasteiger partial charge >= 0.3 is 0 Å². The number of hydrogen-bond acceptors (Lipinski definition) is 4. The molecule has 0 aliphatic carbocycles. The molecule has 1 saturated heterocycles. The standard InChI is InChI=1S/C20H22N4O/c1-15-4-6-16(7-5-15)14-23-20(25)17-8-11-24(12-9-17)19-18(13-21)3-2-10-22-19/h2-7,10,17H,8-9,11-12,14H2,1H3,(H,23,25). The molecule has 0 spiro atoms. The normalized spacial score (nSPS) is 14.8. The van der Waals surface area contributed by atoms with Gasteiger partial charge in [0.25, 0.3) is 0 Å². The maximum atomic E-state index is 12.4. The molecule has 25 heavy (non-hydrogen) atoms. The van der Waals surface area contributed by atoms with Gasteiger partial charge in [-0.25, -0.2) is 4.98 Å². The van der Waals surface area contributed by atoms with E-state index < -0.39 is 0 Å². The maximum Gasteiger partial charge on any atom is 0.223 e. The lowest BCUT2D eigenvalue weighted by Crippen LogP contribution is -2.41. The van der Waals surface area contributed by atoms with Crippen LogP contribution in [0.4, 0.5) is 5.82 Å². The van der Waals surface area contributed by atoms with Gasteiger partial charge in [0.1, 0.15) is 11.9 Å². The van der Waals surface area contributed by atoms with E-state index in [1.165, 1.54) is 5.56 Å². The van der Waals surface area contributed by atoms with Crippen LogP contribution in [-0.4, -0.2) is 24.0 Å². The highest BCUT2D eigenvalue weighted by Crippen LogP contribution is 2.24. The number of carbonyl (C=O) groups excluding carboxylic acids is 1. The fourth-order valence-corrected chi connectivity index (χ4v) is 3.13. The molecule has 1 aliphatic rings. The molecule has 2 heterocycles. The summed E-state index contributed by atoms with van der Waals surface area (Å²) >= 11 is 0. The summed E-state index contributed by atoms with van der Waals surface area (Å²) in [5, 5.41) is 12.2. The Balaban J connectivity index is 1.52. The number of nitrogens with zero attached hydrogens (tertiary/aromatic N) is 3. The molecule has 0 saturated carbocycles. The number of pyridine rings is 1. The van der Waals surface area contributed by atoms with Gasteiger partial charge in [-0.05, 0) is 37.5 Å². The molecule has 1 aromatic carbocycles. The largest absolute Gasteiger partial charge is 0.355 e. The molecule has 1 amide bonds. The van der Waals surface area contributed by atoms with E-state index in [-0.39, 0.29) is 11.8 Å². The number of nitriles is 1. The van der Waals surface area contributed by atoms with Crippen molar-refractivity contribution >= 4 is 11.7 Å². The van der Waals surface area contributed by atoms with Gasteiger partial charge in [0.2, 0.25) is 5.91 Å². The molecule has 3 rings (SSSR count). The van der Waals surface area contributed by atoms with E-state index in [1.54, 1.807) is 18.3 Å². The Bertz CT molecular complexity index is 771. The molecule has 1 N–H and O–H groups in total. The van der Waals surface area contributed by atoms with Gasteiger partial charge in [0.05, 0.1) is 5.56 Å². The molecule has 0 bridgehead atoms. The lowest BCUT2D eigenvalue weighted by molar-refractivity contribution is -0.125. The molecule has 1 aromatic heterocycles. The van der Waals surface area contributed by atoms with Crippen LogP contribution < -0.4 is 10.2 Å². The van der Waals surface area contributed by atoms with E-state index in [0.29, 0.717) is 12.1 Å². The fraction of sp³-hybridized carbons (Fsp3) is 0.350. The average molecular weight is 334 g/mol. The fourth-order valence-electron chi connectivity index (χ4n) is 3.13. The van der Waals surface area contributed by atoms with E-state index >= 15 is 0 Å². The van der Waals surface area contributed by atoms with E-state index in [9.17, 15) is 10.1 Å². The third-order valence-electron chi connectivity index (χ3n) is 4.66. The van der Waals surface area contributed by atoms with Crippen molar-refractivity contribution in [3.63, 3.8) is 0 Å². The summed E-state index contributed by atoms with van der Waals surface area (Å²) in [6, 6.07) is 13.9. The second-order valence-electron chi connectivity index (χ2n) is 6.45. The number of benzene rings is 1. The first kappa shape index (κ1) is 17.0. The first-order valence-electron chi connectivity index (χ1n) is 8.60. The van der Waals surface area contributed by atoms with Gasteiger partial charge in [0.15, 0.2) is 0 Å². The van der Waals surface area contributed by atoms with Gasteiger partial charge in [-0.1, -0.05) is 29.8 Å². The highest BCUT2D eigenvalue weighted by Gasteiger charge is 2.26. The van der Waals surface area contributed by atoms with Gasteiger partial charge < -0.3 is 10.2 Å². The number of aryl methyl sites for hydroxylation is 1. The van der Waals surface area contributed by atoms with Crippen molar-refractivity contribution in [2.75, 3.05) is 18.0 Å². The Hall–Kier alpha value is -2.87. The second-order valence-corrected chi connectivity index (χ2v) is 6.45. The van der Waals surface area contributed by atoms with Crippen molar-refractivity contribution in [3.8, 4) is 6.07 Å². The molecule has 1 fully saturated rings. The zero-order valence-electron chi connectivity index (χ0n) is 14.4. The summed E-state index contributed by atoms with van der Waals surface area (Å²) in [6.45, 7) is 4.11. The quantitative estimate of drug-likeness (QED) is 0.933. The van der Waals surface area contributed by atoms with E-state index in [4.69, 9.17) is 0 Å². The van der Waals surface area contributed by atoms with E-state index in [0.717, 1.165) is 37.3 Å². The minimum atomic E-state index is 0.0240. The molecule has 2 aromatic rings. The van der Waals surface area contributed by atoms with Crippen LogP contribution in [0.15, 0.2) is 42.6 Å². The molecule has 5 heteroatoms. The predicted octanol–water partition coefficient (Wildman–Crippen LogP) is 2.79. The van der Waals surface area contributed by atoms with Crippen molar-refractivity contribution in [2.24, 2.45) is 5.92 Å². The molecule has 0 radical (unpaired) electrons. The lowest BCUT2D eigenvalue weighted by Gasteiger charge is -2.32. The summed E-state index contributed by atoms with van der Waals surface area (Å²) in [7, 11) is 0. The third kappa shape index (κ3) is 4.16. The van der Waals surface area contributed by atoms with Crippen LogP contribution in [0.2, 0.25) is 0 Å².